The molecule has 218 valence electrons. The molecule has 3 rings (SSSR count). The van der Waals surface area contributed by atoms with E-state index in [1.165, 1.54) is 42.4 Å². The van der Waals surface area contributed by atoms with Gasteiger partial charge in [0.1, 0.15) is 17.2 Å². The van der Waals surface area contributed by atoms with Gasteiger partial charge in [-0.1, -0.05) is 76.4 Å². The quantitative estimate of drug-likeness (QED) is 0.130. The molecule has 0 aliphatic heterocycles. The van der Waals surface area contributed by atoms with Crippen molar-refractivity contribution in [1.82, 2.24) is 0 Å². The summed E-state index contributed by atoms with van der Waals surface area (Å²) < 4.78 is 11.7. The molecular formula is C35H48ClNO3. The smallest absolute Gasteiger partial charge is 0.324 e. The lowest BCUT2D eigenvalue weighted by Gasteiger charge is -2.36. The van der Waals surface area contributed by atoms with E-state index < -0.39 is 10.8 Å². The summed E-state index contributed by atoms with van der Waals surface area (Å²) >= 11 is 6.16. The van der Waals surface area contributed by atoms with Crippen LogP contribution in [0.2, 0.25) is 0 Å². The predicted molar refractivity (Wildman–Crippen MR) is 165 cm³/mol. The van der Waals surface area contributed by atoms with Crippen LogP contribution in [0.25, 0.3) is 11.1 Å². The molecule has 4 nitrogen and oxygen atoms in total. The fraction of sp³-hybridized carbons (Fsp3) is 0.600. The van der Waals surface area contributed by atoms with Gasteiger partial charge in [0, 0.05) is 6.42 Å². The third-order valence-corrected chi connectivity index (χ3v) is 9.04. The SMILES string of the molecule is CCCCCC[C@@H](C)Oc1ccc(-c2ccc([C@H]3CC[C@@](C#N)(CC(C)OC(=O)C(Cl)C(C)C)CC3)cc2)cc1. The third-order valence-electron chi connectivity index (χ3n) is 8.36. The van der Waals surface area contributed by atoms with E-state index in [0.29, 0.717) is 12.3 Å². The Morgan fingerprint density at radius 3 is 2.10 bits per heavy atom. The maximum absolute atomic E-state index is 12.3. The molecule has 0 saturated heterocycles. The summed E-state index contributed by atoms with van der Waals surface area (Å²) in [5.41, 5.74) is 3.25. The van der Waals surface area contributed by atoms with Gasteiger partial charge in [-0.3, -0.25) is 4.79 Å². The maximum atomic E-state index is 12.3. The van der Waals surface area contributed by atoms with Crippen LogP contribution in [0.4, 0.5) is 0 Å². The average Bonchev–Trinajstić information content (AvgIpc) is 2.95. The minimum Gasteiger partial charge on any atom is -0.491 e. The first-order valence-electron chi connectivity index (χ1n) is 15.3. The van der Waals surface area contributed by atoms with Crippen molar-refractivity contribution in [3.63, 3.8) is 0 Å². The Morgan fingerprint density at radius 2 is 1.55 bits per heavy atom. The van der Waals surface area contributed by atoms with E-state index >= 15 is 0 Å². The Kier molecular flexibility index (Phi) is 12.4. The van der Waals surface area contributed by atoms with Crippen molar-refractivity contribution < 1.29 is 14.3 Å². The summed E-state index contributed by atoms with van der Waals surface area (Å²) in [4.78, 5) is 12.3. The first-order valence-corrected chi connectivity index (χ1v) is 15.7. The molecule has 2 aromatic carbocycles. The lowest BCUT2D eigenvalue weighted by molar-refractivity contribution is -0.150. The molecule has 1 aliphatic rings. The normalized spacial score (nSPS) is 21.3. The van der Waals surface area contributed by atoms with Gasteiger partial charge in [-0.15, -0.1) is 11.6 Å². The van der Waals surface area contributed by atoms with Crippen LogP contribution in [0, 0.1) is 22.7 Å². The van der Waals surface area contributed by atoms with Gasteiger partial charge < -0.3 is 9.47 Å². The molecule has 40 heavy (non-hydrogen) atoms. The molecule has 0 bridgehead atoms. The second-order valence-electron chi connectivity index (χ2n) is 12.2. The second kappa shape index (κ2) is 15.5. The number of hydrogen-bond acceptors (Lipinski definition) is 4. The monoisotopic (exact) mass is 565 g/mol. The lowest BCUT2D eigenvalue weighted by atomic mass is 9.67. The number of unbranched alkanes of at least 4 members (excludes halogenated alkanes) is 3. The molecule has 5 heteroatoms. The minimum absolute atomic E-state index is 0.0141. The molecule has 0 spiro atoms. The number of nitriles is 1. The Hall–Kier alpha value is -2.51. The molecule has 1 fully saturated rings. The van der Waals surface area contributed by atoms with Gasteiger partial charge in [0.15, 0.2) is 0 Å². The summed E-state index contributed by atoms with van der Waals surface area (Å²) in [7, 11) is 0. The van der Waals surface area contributed by atoms with E-state index in [0.717, 1.165) is 37.9 Å². The molecule has 0 heterocycles. The van der Waals surface area contributed by atoms with Crippen molar-refractivity contribution in [1.29, 1.82) is 5.26 Å². The topological polar surface area (TPSA) is 59.3 Å². The first kappa shape index (κ1) is 32.0. The predicted octanol–water partition coefficient (Wildman–Crippen LogP) is 9.84. The number of halogens is 1. The molecular weight excluding hydrogens is 518 g/mol. The van der Waals surface area contributed by atoms with Crippen molar-refractivity contribution in [2.24, 2.45) is 11.3 Å². The number of hydrogen-bond donors (Lipinski definition) is 0. The summed E-state index contributed by atoms with van der Waals surface area (Å²) in [5.74, 6) is 0.995. The third kappa shape index (κ3) is 9.27. The highest BCUT2D eigenvalue weighted by Crippen LogP contribution is 2.46. The zero-order chi connectivity index (χ0) is 29.1. The molecule has 2 aromatic rings. The largest absolute Gasteiger partial charge is 0.491 e. The van der Waals surface area contributed by atoms with Crippen molar-refractivity contribution in [3.8, 4) is 22.9 Å². The van der Waals surface area contributed by atoms with Gasteiger partial charge in [0.05, 0.1) is 17.6 Å². The van der Waals surface area contributed by atoms with E-state index in [2.05, 4.69) is 68.4 Å². The van der Waals surface area contributed by atoms with Gasteiger partial charge >= 0.3 is 5.97 Å². The molecule has 3 atom stereocenters. The number of nitrogens with zero attached hydrogens (tertiary/aromatic N) is 1. The minimum atomic E-state index is -0.653. The van der Waals surface area contributed by atoms with E-state index in [1.54, 1.807) is 0 Å². The Balaban J connectivity index is 1.51. The highest BCUT2D eigenvalue weighted by molar-refractivity contribution is 6.30. The molecule has 1 aliphatic carbocycles. The Labute approximate surface area is 247 Å². The second-order valence-corrected chi connectivity index (χ2v) is 12.7. The van der Waals surface area contributed by atoms with Crippen LogP contribution in [0.5, 0.6) is 5.75 Å². The van der Waals surface area contributed by atoms with Gasteiger partial charge in [0.2, 0.25) is 0 Å². The molecule has 0 N–H and O–H groups in total. The van der Waals surface area contributed by atoms with Gasteiger partial charge in [-0.25, -0.2) is 0 Å². The standard InChI is InChI=1S/C35H48ClNO3/c1-6-7-8-9-10-26(4)39-32-17-15-30(16-18-32)28-11-13-29(14-12-28)31-19-21-35(24-37,22-20-31)23-27(5)40-34(38)33(36)25(2)3/h11-18,25-27,31,33H,6-10,19-23H2,1-5H3/t26-,27?,31-,33?,35-/m1/s1. The fourth-order valence-corrected chi connectivity index (χ4v) is 5.87. The molecule has 0 radical (unpaired) electrons. The highest BCUT2D eigenvalue weighted by Gasteiger charge is 2.38. The number of ether oxygens (including phenoxy) is 2. The van der Waals surface area contributed by atoms with E-state index in [9.17, 15) is 10.1 Å². The van der Waals surface area contributed by atoms with Crippen LogP contribution in [0.1, 0.15) is 110 Å². The van der Waals surface area contributed by atoms with Crippen LogP contribution in [0.3, 0.4) is 0 Å². The molecule has 0 amide bonds. The Bertz CT molecular complexity index is 1080. The molecule has 0 aromatic heterocycles. The van der Waals surface area contributed by atoms with Gasteiger partial charge in [-0.05, 0) is 93.0 Å². The summed E-state index contributed by atoms with van der Waals surface area (Å²) in [6.45, 7) is 10.1. The Morgan fingerprint density at radius 1 is 0.950 bits per heavy atom. The first-order chi connectivity index (χ1) is 19.2. The van der Waals surface area contributed by atoms with Crippen LogP contribution in [-0.2, 0) is 9.53 Å². The summed E-state index contributed by atoms with van der Waals surface area (Å²) in [6, 6.07) is 19.9. The van der Waals surface area contributed by atoms with E-state index in [4.69, 9.17) is 21.1 Å². The number of benzene rings is 2. The van der Waals surface area contributed by atoms with Crippen LogP contribution >= 0.6 is 11.6 Å². The zero-order valence-electron chi connectivity index (χ0n) is 25.1. The summed E-state index contributed by atoms with van der Waals surface area (Å²) in [5, 5.41) is 9.39. The van der Waals surface area contributed by atoms with Crippen LogP contribution in [-0.4, -0.2) is 23.6 Å². The number of alkyl halides is 1. The number of carbonyl (C=O) groups excluding carboxylic acids is 1. The summed E-state index contributed by atoms with van der Waals surface area (Å²) in [6.07, 6.45) is 10.2. The van der Waals surface area contributed by atoms with Crippen LogP contribution < -0.4 is 4.74 Å². The van der Waals surface area contributed by atoms with E-state index in [-0.39, 0.29) is 24.1 Å². The lowest BCUT2D eigenvalue weighted by Crippen LogP contribution is -2.33. The number of esters is 1. The van der Waals surface area contributed by atoms with Crippen molar-refractivity contribution in [2.45, 2.75) is 122 Å². The average molecular weight is 566 g/mol. The molecule has 2 unspecified atom stereocenters. The zero-order valence-corrected chi connectivity index (χ0v) is 25.9. The maximum Gasteiger partial charge on any atom is 0.324 e. The van der Waals surface area contributed by atoms with Crippen molar-refractivity contribution in [3.05, 3.63) is 54.1 Å². The van der Waals surface area contributed by atoms with Crippen molar-refractivity contribution in [2.75, 3.05) is 0 Å². The number of carbonyl (C=O) groups is 1. The van der Waals surface area contributed by atoms with Gasteiger partial charge in [-0.2, -0.15) is 5.26 Å². The fourth-order valence-electron chi connectivity index (χ4n) is 5.82. The van der Waals surface area contributed by atoms with Crippen molar-refractivity contribution >= 4 is 17.6 Å². The number of rotatable bonds is 14. The van der Waals surface area contributed by atoms with Gasteiger partial charge in [0.25, 0.3) is 0 Å². The van der Waals surface area contributed by atoms with Crippen LogP contribution in [0.15, 0.2) is 48.5 Å². The highest BCUT2D eigenvalue weighted by atomic mass is 35.5. The molecule has 1 saturated carbocycles. The van der Waals surface area contributed by atoms with E-state index in [1.807, 2.05) is 20.8 Å².